The zero-order chi connectivity index (χ0) is 10.6. The highest BCUT2D eigenvalue weighted by atomic mass is 19.3. The number of alkyl halides is 6. The van der Waals surface area contributed by atoms with E-state index in [0.29, 0.717) is 0 Å². The third kappa shape index (κ3) is 3.08. The van der Waals surface area contributed by atoms with Gasteiger partial charge in [0.25, 0.3) is 6.43 Å². The van der Waals surface area contributed by atoms with E-state index in [1.165, 1.54) is 0 Å². The van der Waals surface area contributed by atoms with Crippen LogP contribution in [0, 0.1) is 6.92 Å². The summed E-state index contributed by atoms with van der Waals surface area (Å²) in [4.78, 5) is 0. The Morgan fingerprint density at radius 2 is 1.54 bits per heavy atom. The maximum absolute atomic E-state index is 12.4. The van der Waals surface area contributed by atoms with Crippen molar-refractivity contribution in [2.24, 2.45) is 0 Å². The van der Waals surface area contributed by atoms with Gasteiger partial charge in [-0.2, -0.15) is 8.78 Å². The molecule has 0 aromatic heterocycles. The minimum absolute atomic E-state index is 0.202. The Morgan fingerprint density at radius 3 is 1.85 bits per heavy atom. The minimum Gasteiger partial charge on any atom is -0.241 e. The van der Waals surface area contributed by atoms with Gasteiger partial charge in [-0.25, -0.2) is 17.6 Å². The van der Waals surface area contributed by atoms with Gasteiger partial charge in [0.05, 0.1) is 0 Å². The van der Waals surface area contributed by atoms with Gasteiger partial charge in [0, 0.05) is 0 Å². The molecule has 13 heavy (non-hydrogen) atoms. The standard InChI is InChI=1S/C7H9F6/c1-2-3-4(8)7(12,13)5(9)6(10)11/h4-6H,1-3H2/t4?,5-/m0/s1. The Labute approximate surface area is 71.9 Å². The Hall–Kier alpha value is -0.420. The maximum Gasteiger partial charge on any atom is 0.314 e. The fourth-order valence-corrected chi connectivity index (χ4v) is 0.712. The molecule has 0 saturated carbocycles. The second kappa shape index (κ2) is 4.72. The molecule has 0 aromatic rings. The molecular formula is C7H9F6. The fraction of sp³-hybridized carbons (Fsp3) is 0.857. The van der Waals surface area contributed by atoms with Crippen LogP contribution in [0.3, 0.4) is 0 Å². The van der Waals surface area contributed by atoms with Crippen LogP contribution in [0.2, 0.25) is 0 Å². The highest BCUT2D eigenvalue weighted by Crippen LogP contribution is 2.33. The highest BCUT2D eigenvalue weighted by molar-refractivity contribution is 4.86. The van der Waals surface area contributed by atoms with E-state index in [2.05, 4.69) is 6.92 Å². The van der Waals surface area contributed by atoms with Crippen LogP contribution in [0.5, 0.6) is 0 Å². The van der Waals surface area contributed by atoms with Gasteiger partial charge in [-0.1, -0.05) is 13.3 Å². The van der Waals surface area contributed by atoms with Crippen molar-refractivity contribution in [3.63, 3.8) is 0 Å². The van der Waals surface area contributed by atoms with Gasteiger partial charge in [0.2, 0.25) is 6.17 Å². The molecule has 0 aromatic carbocycles. The summed E-state index contributed by atoms with van der Waals surface area (Å²) in [5.41, 5.74) is 0. The van der Waals surface area contributed by atoms with Crippen molar-refractivity contribution < 1.29 is 26.3 Å². The number of rotatable bonds is 5. The van der Waals surface area contributed by atoms with E-state index in [1.54, 1.807) is 0 Å². The molecule has 0 aliphatic rings. The number of halogens is 6. The van der Waals surface area contributed by atoms with Crippen LogP contribution < -0.4 is 0 Å². The SMILES string of the molecule is [CH2]CCC(F)C(F)(F)[C@@H](F)C(F)F. The smallest absolute Gasteiger partial charge is 0.241 e. The summed E-state index contributed by atoms with van der Waals surface area (Å²) >= 11 is 0. The van der Waals surface area contributed by atoms with Gasteiger partial charge in [-0.15, -0.1) is 0 Å². The Morgan fingerprint density at radius 1 is 1.08 bits per heavy atom. The highest BCUT2D eigenvalue weighted by Gasteiger charge is 2.52. The first kappa shape index (κ1) is 12.6. The Kier molecular flexibility index (Phi) is 4.56. The van der Waals surface area contributed by atoms with Crippen molar-refractivity contribution in [3.8, 4) is 0 Å². The van der Waals surface area contributed by atoms with Gasteiger partial charge in [0.15, 0.2) is 6.17 Å². The lowest BCUT2D eigenvalue weighted by atomic mass is 10.1. The summed E-state index contributed by atoms with van der Waals surface area (Å²) in [6.45, 7) is 3.06. The van der Waals surface area contributed by atoms with Crippen molar-refractivity contribution in [2.45, 2.75) is 37.5 Å². The molecule has 0 spiro atoms. The predicted molar refractivity (Wildman–Crippen MR) is 35.3 cm³/mol. The molecule has 1 unspecified atom stereocenters. The van der Waals surface area contributed by atoms with E-state index < -0.39 is 31.1 Å². The second-order valence-electron chi connectivity index (χ2n) is 2.52. The minimum atomic E-state index is -4.63. The summed E-state index contributed by atoms with van der Waals surface area (Å²) in [7, 11) is 0. The average molecular weight is 207 g/mol. The molecule has 0 aliphatic heterocycles. The summed E-state index contributed by atoms with van der Waals surface area (Å²) in [5, 5.41) is 0. The van der Waals surface area contributed by atoms with Crippen LogP contribution in [0.4, 0.5) is 26.3 Å². The molecule has 0 nitrogen and oxygen atoms in total. The van der Waals surface area contributed by atoms with E-state index in [0.717, 1.165) is 0 Å². The molecule has 2 atom stereocenters. The van der Waals surface area contributed by atoms with E-state index in [1.807, 2.05) is 0 Å². The number of hydrogen-bond acceptors (Lipinski definition) is 0. The van der Waals surface area contributed by atoms with Crippen LogP contribution in [0.15, 0.2) is 0 Å². The van der Waals surface area contributed by atoms with Gasteiger partial charge in [0.1, 0.15) is 0 Å². The Bertz CT molecular complexity index is 146. The molecule has 0 aliphatic carbocycles. The van der Waals surface area contributed by atoms with Crippen LogP contribution in [0.1, 0.15) is 12.8 Å². The first-order valence-corrected chi connectivity index (χ1v) is 3.57. The molecule has 0 N–H and O–H groups in total. The normalized spacial score (nSPS) is 17.5. The summed E-state index contributed by atoms with van der Waals surface area (Å²) in [6.07, 6.45) is -11.5. The second-order valence-corrected chi connectivity index (χ2v) is 2.52. The Balaban J connectivity index is 4.35. The molecule has 0 bridgehead atoms. The third-order valence-corrected chi connectivity index (χ3v) is 1.46. The van der Waals surface area contributed by atoms with Crippen molar-refractivity contribution in [1.82, 2.24) is 0 Å². The zero-order valence-electron chi connectivity index (χ0n) is 6.62. The third-order valence-electron chi connectivity index (χ3n) is 1.46. The van der Waals surface area contributed by atoms with Crippen molar-refractivity contribution in [2.75, 3.05) is 0 Å². The fourth-order valence-electron chi connectivity index (χ4n) is 0.712. The quantitative estimate of drug-likeness (QED) is 0.607. The first-order valence-electron chi connectivity index (χ1n) is 3.57. The van der Waals surface area contributed by atoms with Crippen molar-refractivity contribution in [1.29, 1.82) is 0 Å². The van der Waals surface area contributed by atoms with Crippen LogP contribution in [-0.2, 0) is 0 Å². The molecule has 0 saturated heterocycles. The van der Waals surface area contributed by atoms with Gasteiger partial charge >= 0.3 is 5.92 Å². The molecule has 79 valence electrons. The van der Waals surface area contributed by atoms with Gasteiger partial charge < -0.3 is 0 Å². The molecule has 1 radical (unpaired) electrons. The molecule has 0 amide bonds. The summed E-state index contributed by atoms with van der Waals surface area (Å²) in [6, 6.07) is 0. The van der Waals surface area contributed by atoms with Crippen LogP contribution in [0.25, 0.3) is 0 Å². The van der Waals surface area contributed by atoms with Crippen LogP contribution in [-0.4, -0.2) is 24.7 Å². The summed E-state index contributed by atoms with van der Waals surface area (Å²) < 4.78 is 72.3. The van der Waals surface area contributed by atoms with Crippen molar-refractivity contribution >= 4 is 0 Å². The van der Waals surface area contributed by atoms with Gasteiger partial charge in [-0.3, -0.25) is 0 Å². The number of hydrogen-bond donors (Lipinski definition) is 0. The summed E-state index contributed by atoms with van der Waals surface area (Å²) in [5.74, 6) is -4.63. The zero-order valence-corrected chi connectivity index (χ0v) is 6.62. The monoisotopic (exact) mass is 207 g/mol. The lowest BCUT2D eigenvalue weighted by Crippen LogP contribution is -2.43. The van der Waals surface area contributed by atoms with E-state index in [-0.39, 0.29) is 6.42 Å². The van der Waals surface area contributed by atoms with E-state index in [4.69, 9.17) is 0 Å². The topological polar surface area (TPSA) is 0 Å². The van der Waals surface area contributed by atoms with E-state index >= 15 is 0 Å². The lowest BCUT2D eigenvalue weighted by molar-refractivity contribution is -0.167. The average Bonchev–Trinajstić information content (AvgIpc) is 2.03. The maximum atomic E-state index is 12.4. The van der Waals surface area contributed by atoms with E-state index in [9.17, 15) is 26.3 Å². The predicted octanol–water partition coefficient (Wildman–Crippen LogP) is 3.18. The molecule has 0 rings (SSSR count). The molecule has 6 heteroatoms. The van der Waals surface area contributed by atoms with Gasteiger partial charge in [-0.05, 0) is 6.42 Å². The molecule has 0 fully saturated rings. The lowest BCUT2D eigenvalue weighted by Gasteiger charge is -2.23. The van der Waals surface area contributed by atoms with Crippen LogP contribution >= 0.6 is 0 Å². The van der Waals surface area contributed by atoms with Crippen molar-refractivity contribution in [3.05, 3.63) is 6.92 Å². The molecular weight excluding hydrogens is 198 g/mol. The first-order chi connectivity index (χ1) is 5.84. The molecule has 0 heterocycles. The largest absolute Gasteiger partial charge is 0.314 e.